The first kappa shape index (κ1) is 23.6. The lowest BCUT2D eigenvalue weighted by atomic mass is 9.51. The van der Waals surface area contributed by atoms with Crippen LogP contribution in [0, 0.1) is 28.6 Å². The zero-order chi connectivity index (χ0) is 22.9. The van der Waals surface area contributed by atoms with Crippen molar-refractivity contribution in [2.45, 2.75) is 81.9 Å². The van der Waals surface area contributed by atoms with Gasteiger partial charge in [0.1, 0.15) is 6.79 Å². The molecule has 1 heterocycles. The fraction of sp³-hybridized carbons (Fsp3) is 0.846. The quantitative estimate of drug-likeness (QED) is 0.168. The van der Waals surface area contributed by atoms with Gasteiger partial charge in [0.25, 0.3) is 0 Å². The van der Waals surface area contributed by atoms with Gasteiger partial charge in [-0.25, -0.2) is 0 Å². The van der Waals surface area contributed by atoms with E-state index in [1.54, 1.807) is 12.7 Å². The van der Waals surface area contributed by atoms with Gasteiger partial charge < -0.3 is 18.9 Å². The maximum Gasteiger partial charge on any atom is 0.162 e. The average Bonchev–Trinajstić information content (AvgIpc) is 3.00. The van der Waals surface area contributed by atoms with Crippen LogP contribution in [0.3, 0.4) is 0 Å². The van der Waals surface area contributed by atoms with E-state index in [4.69, 9.17) is 31.6 Å². The van der Waals surface area contributed by atoms with Crippen molar-refractivity contribution in [1.82, 2.24) is 0 Å². The molecule has 2 bridgehead atoms. The summed E-state index contributed by atoms with van der Waals surface area (Å²) in [7, 11) is 0.713. The van der Waals surface area contributed by atoms with Gasteiger partial charge in [-0.15, -0.1) is 0 Å². The first-order valence-corrected chi connectivity index (χ1v) is 16.7. The first-order valence-electron chi connectivity index (χ1n) is 12.5. The van der Waals surface area contributed by atoms with Crippen LogP contribution in [0.2, 0.25) is 25.7 Å². The van der Waals surface area contributed by atoms with E-state index in [9.17, 15) is 0 Å². The zero-order valence-electron chi connectivity index (χ0n) is 20.6. The number of thiol groups is 1. The molecule has 6 aliphatic rings. The minimum absolute atomic E-state index is 0.0109. The van der Waals surface area contributed by atoms with Gasteiger partial charge in [0.2, 0.25) is 0 Å². The average molecular weight is 479 g/mol. The van der Waals surface area contributed by atoms with Gasteiger partial charge in [-0.3, -0.25) is 0 Å². The molecule has 6 rings (SSSR count). The van der Waals surface area contributed by atoms with E-state index in [0.29, 0.717) is 24.5 Å². The Bertz CT molecular complexity index is 808. The predicted octanol–water partition coefficient (Wildman–Crippen LogP) is 5.68. The molecule has 1 aliphatic heterocycles. The highest BCUT2D eigenvalue weighted by Gasteiger charge is 2.71. The molecule has 8 atom stereocenters. The van der Waals surface area contributed by atoms with Crippen molar-refractivity contribution in [3.8, 4) is 0 Å². The van der Waals surface area contributed by atoms with Gasteiger partial charge in [-0.05, 0) is 50.0 Å². The van der Waals surface area contributed by atoms with E-state index in [0.717, 1.165) is 38.9 Å². The Morgan fingerprint density at radius 1 is 1.22 bits per heavy atom. The molecule has 0 aromatic rings. The van der Waals surface area contributed by atoms with Crippen LogP contribution < -0.4 is 0 Å². The SMILES string of the molecule is C=C1C[C@@]23CC[C@]1(S)C=C2[C@H]1COC(OC)[C@]2(C)CC[C@@H](OCOCC[Si](C)(C)C)[C@H]3[C@H]12. The molecule has 4 fully saturated rings. The number of fused-ring (bicyclic) bond motifs is 2. The van der Waals surface area contributed by atoms with Crippen LogP contribution in [0.5, 0.6) is 0 Å². The van der Waals surface area contributed by atoms with Gasteiger partial charge in [-0.1, -0.05) is 50.4 Å². The van der Waals surface area contributed by atoms with Crippen LogP contribution in [0.4, 0.5) is 0 Å². The topological polar surface area (TPSA) is 36.9 Å². The van der Waals surface area contributed by atoms with Crippen LogP contribution in [0.1, 0.15) is 39.0 Å². The fourth-order valence-electron chi connectivity index (χ4n) is 7.98. The van der Waals surface area contributed by atoms with E-state index in [1.807, 2.05) is 0 Å². The summed E-state index contributed by atoms with van der Waals surface area (Å²) < 4.78 is 24.7. The van der Waals surface area contributed by atoms with E-state index in [2.05, 4.69) is 39.2 Å². The molecule has 180 valence electrons. The molecule has 0 radical (unpaired) electrons. The minimum Gasteiger partial charge on any atom is -0.356 e. The summed E-state index contributed by atoms with van der Waals surface area (Å²) in [6.45, 7) is 16.0. The number of hydrogen-bond donors (Lipinski definition) is 1. The Kier molecular flexibility index (Phi) is 5.87. The van der Waals surface area contributed by atoms with Gasteiger partial charge in [-0.2, -0.15) is 12.6 Å². The molecule has 4 nitrogen and oxygen atoms in total. The largest absolute Gasteiger partial charge is 0.356 e. The standard InChI is InChI=1S/C26H42O4SSi/c1-17-13-25-9-10-26(17,31)14-19(25)18-15-29-23(27-3)24(2)8-7-20(22(25)21(18)24)30-16-28-11-12-32(4,5)6/h14,18,20-23,31H,1,7-13,15-16H2,2-6H3/t18-,20-,21+,22+,23?,24-,25+,26+/m1/s1. The lowest BCUT2D eigenvalue weighted by Gasteiger charge is -2.57. The van der Waals surface area contributed by atoms with Crippen LogP contribution in [-0.4, -0.2) is 52.3 Å². The zero-order valence-corrected chi connectivity index (χ0v) is 22.5. The van der Waals surface area contributed by atoms with E-state index in [-0.39, 0.29) is 28.0 Å². The summed E-state index contributed by atoms with van der Waals surface area (Å²) in [4.78, 5) is 0. The van der Waals surface area contributed by atoms with Crippen LogP contribution in [-0.2, 0) is 18.9 Å². The summed E-state index contributed by atoms with van der Waals surface area (Å²) in [5.41, 5.74) is 3.04. The molecule has 1 spiro atoms. The molecular formula is C26H42O4SSi. The third-order valence-electron chi connectivity index (χ3n) is 9.59. The fourth-order valence-corrected chi connectivity index (χ4v) is 9.06. The van der Waals surface area contributed by atoms with E-state index < -0.39 is 8.07 Å². The Labute approximate surface area is 200 Å². The van der Waals surface area contributed by atoms with E-state index >= 15 is 0 Å². The van der Waals surface area contributed by atoms with E-state index in [1.165, 1.54) is 18.0 Å². The highest BCUT2D eigenvalue weighted by molar-refractivity contribution is 7.82. The van der Waals surface area contributed by atoms with Crippen molar-refractivity contribution in [3.63, 3.8) is 0 Å². The maximum absolute atomic E-state index is 6.58. The molecule has 1 saturated heterocycles. The second kappa shape index (κ2) is 7.96. The summed E-state index contributed by atoms with van der Waals surface area (Å²) in [6, 6.07) is 1.18. The molecule has 0 N–H and O–H groups in total. The summed E-state index contributed by atoms with van der Waals surface area (Å²) in [5, 5.41) is 0. The van der Waals surface area contributed by atoms with Gasteiger partial charge in [0.15, 0.2) is 6.29 Å². The minimum atomic E-state index is -1.09. The second-order valence-corrected chi connectivity index (χ2v) is 19.0. The lowest BCUT2D eigenvalue weighted by molar-refractivity contribution is -0.275. The molecule has 32 heavy (non-hydrogen) atoms. The highest BCUT2D eigenvalue weighted by atomic mass is 32.1. The molecule has 3 saturated carbocycles. The van der Waals surface area contributed by atoms with Gasteiger partial charge in [0, 0.05) is 38.5 Å². The lowest BCUT2D eigenvalue weighted by Crippen LogP contribution is -2.58. The molecule has 0 aromatic heterocycles. The number of ether oxygens (including phenoxy) is 4. The number of methoxy groups -OCH3 is 1. The normalized spacial score (nSPS) is 47.2. The monoisotopic (exact) mass is 478 g/mol. The van der Waals surface area contributed by atoms with Crippen LogP contribution in [0.15, 0.2) is 23.8 Å². The Morgan fingerprint density at radius 2 is 2.00 bits per heavy atom. The smallest absolute Gasteiger partial charge is 0.162 e. The Hall–Kier alpha value is -0.113. The van der Waals surface area contributed by atoms with Gasteiger partial charge >= 0.3 is 0 Å². The number of rotatable bonds is 7. The molecule has 0 aromatic carbocycles. The van der Waals surface area contributed by atoms with Crippen molar-refractivity contribution in [1.29, 1.82) is 0 Å². The molecule has 1 unspecified atom stereocenters. The summed E-state index contributed by atoms with van der Waals surface area (Å²) in [6.07, 6.45) is 7.99. The summed E-state index contributed by atoms with van der Waals surface area (Å²) in [5.74, 6) is 1.42. The predicted molar refractivity (Wildman–Crippen MR) is 134 cm³/mol. The second-order valence-electron chi connectivity index (χ2n) is 12.6. The maximum atomic E-state index is 6.58. The molecule has 0 amide bonds. The van der Waals surface area contributed by atoms with Crippen LogP contribution in [0.25, 0.3) is 0 Å². The highest BCUT2D eigenvalue weighted by Crippen LogP contribution is 2.74. The molecule has 6 heteroatoms. The van der Waals surface area contributed by atoms with Crippen molar-refractivity contribution in [2.24, 2.45) is 28.6 Å². The Morgan fingerprint density at radius 3 is 2.69 bits per heavy atom. The van der Waals surface area contributed by atoms with Crippen LogP contribution >= 0.6 is 12.6 Å². The Balaban J connectivity index is 1.44. The van der Waals surface area contributed by atoms with Crippen molar-refractivity contribution < 1.29 is 18.9 Å². The van der Waals surface area contributed by atoms with Crippen molar-refractivity contribution in [3.05, 3.63) is 23.8 Å². The molecule has 5 aliphatic carbocycles. The third kappa shape index (κ3) is 3.46. The first-order chi connectivity index (χ1) is 15.0. The summed E-state index contributed by atoms with van der Waals surface area (Å²) >= 11 is 5.11. The third-order valence-corrected chi connectivity index (χ3v) is 12.0. The van der Waals surface area contributed by atoms with Crippen molar-refractivity contribution in [2.75, 3.05) is 27.1 Å². The van der Waals surface area contributed by atoms with Crippen molar-refractivity contribution >= 4 is 20.7 Å². The van der Waals surface area contributed by atoms with Gasteiger partial charge in [0.05, 0.1) is 17.5 Å². The molecular weight excluding hydrogens is 436 g/mol. The number of hydrogen-bond acceptors (Lipinski definition) is 5.